The van der Waals surface area contributed by atoms with Gasteiger partial charge in [0.2, 0.25) is 11.2 Å². The van der Waals surface area contributed by atoms with Crippen molar-refractivity contribution in [1.82, 2.24) is 24.7 Å². The zero-order chi connectivity index (χ0) is 13.7. The van der Waals surface area contributed by atoms with E-state index in [1.165, 1.54) is 0 Å². The van der Waals surface area contributed by atoms with Crippen LogP contribution in [-0.4, -0.2) is 31.3 Å². The maximum atomic E-state index is 5.81. The lowest BCUT2D eigenvalue weighted by Crippen LogP contribution is -2.08. The molecular weight excluding hydrogens is 268 g/mol. The third-order valence-corrected chi connectivity index (χ3v) is 2.39. The maximum Gasteiger partial charge on any atom is 0.322 e. The van der Waals surface area contributed by atoms with Crippen LogP contribution in [0.5, 0.6) is 6.01 Å². The Morgan fingerprint density at radius 1 is 1.37 bits per heavy atom. The van der Waals surface area contributed by atoms with Gasteiger partial charge in [-0.15, -0.1) is 0 Å². The van der Waals surface area contributed by atoms with Crippen molar-refractivity contribution in [2.45, 2.75) is 19.9 Å². The molecule has 19 heavy (non-hydrogen) atoms. The Balaban J connectivity index is 2.01. The molecule has 0 aliphatic carbocycles. The van der Waals surface area contributed by atoms with E-state index in [0.29, 0.717) is 19.1 Å². The summed E-state index contributed by atoms with van der Waals surface area (Å²) in [5.41, 5.74) is 0.884. The first kappa shape index (κ1) is 13.5. The quantitative estimate of drug-likeness (QED) is 0.868. The minimum absolute atomic E-state index is 0.102. The summed E-state index contributed by atoms with van der Waals surface area (Å²) in [5, 5.41) is 7.37. The molecule has 0 saturated carbocycles. The van der Waals surface area contributed by atoms with Crippen molar-refractivity contribution in [3.8, 4) is 6.01 Å². The van der Waals surface area contributed by atoms with E-state index in [9.17, 15) is 0 Å². The van der Waals surface area contributed by atoms with Crippen molar-refractivity contribution in [1.29, 1.82) is 0 Å². The Hall–Kier alpha value is -1.89. The summed E-state index contributed by atoms with van der Waals surface area (Å²) < 4.78 is 7.06. The lowest BCUT2D eigenvalue weighted by Gasteiger charge is -2.06. The molecule has 0 aliphatic heterocycles. The van der Waals surface area contributed by atoms with Crippen molar-refractivity contribution in [3.63, 3.8) is 0 Å². The molecule has 102 valence electrons. The lowest BCUT2D eigenvalue weighted by atomic mass is 10.4. The van der Waals surface area contributed by atoms with Gasteiger partial charge < -0.3 is 10.1 Å². The van der Waals surface area contributed by atoms with E-state index in [4.69, 9.17) is 16.3 Å². The predicted octanol–water partition coefficient (Wildman–Crippen LogP) is 1.66. The molecule has 0 amide bonds. The van der Waals surface area contributed by atoms with Crippen molar-refractivity contribution in [3.05, 3.63) is 23.2 Å². The van der Waals surface area contributed by atoms with E-state index in [1.54, 1.807) is 4.68 Å². The van der Waals surface area contributed by atoms with Gasteiger partial charge in [0.25, 0.3) is 0 Å². The molecule has 0 unspecified atom stereocenters. The fraction of sp³-hybridized carbons (Fsp3) is 0.455. The summed E-state index contributed by atoms with van der Waals surface area (Å²) in [5.74, 6) is 0.372. The van der Waals surface area contributed by atoms with Gasteiger partial charge in [-0.25, -0.2) is 0 Å². The molecule has 0 atom stereocenters. The van der Waals surface area contributed by atoms with Gasteiger partial charge in [0.1, 0.15) is 0 Å². The number of anilines is 1. The molecule has 2 heterocycles. The lowest BCUT2D eigenvalue weighted by molar-refractivity contribution is 0.291. The van der Waals surface area contributed by atoms with E-state index < -0.39 is 0 Å². The van der Waals surface area contributed by atoms with Crippen molar-refractivity contribution in [2.75, 3.05) is 11.9 Å². The van der Waals surface area contributed by atoms with E-state index in [1.807, 2.05) is 26.2 Å². The van der Waals surface area contributed by atoms with E-state index in [-0.39, 0.29) is 11.3 Å². The first-order valence-electron chi connectivity index (χ1n) is 5.94. The number of halogens is 1. The van der Waals surface area contributed by atoms with Crippen LogP contribution in [0.1, 0.15) is 19.0 Å². The molecule has 0 aromatic carbocycles. The van der Waals surface area contributed by atoms with Crippen LogP contribution in [0.2, 0.25) is 5.28 Å². The van der Waals surface area contributed by atoms with Crippen LogP contribution in [-0.2, 0) is 13.6 Å². The molecule has 7 nitrogen and oxygen atoms in total. The summed E-state index contributed by atoms with van der Waals surface area (Å²) in [7, 11) is 1.86. The number of nitrogens with zero attached hydrogens (tertiary/aromatic N) is 5. The van der Waals surface area contributed by atoms with E-state index >= 15 is 0 Å². The molecule has 0 radical (unpaired) electrons. The van der Waals surface area contributed by atoms with Gasteiger partial charge >= 0.3 is 6.01 Å². The van der Waals surface area contributed by atoms with Crippen LogP contribution in [0, 0.1) is 0 Å². The number of hydrogen-bond acceptors (Lipinski definition) is 6. The largest absolute Gasteiger partial charge is 0.463 e. The van der Waals surface area contributed by atoms with Gasteiger partial charge in [0, 0.05) is 13.2 Å². The van der Waals surface area contributed by atoms with Crippen molar-refractivity contribution in [2.24, 2.45) is 7.05 Å². The Morgan fingerprint density at radius 2 is 2.21 bits per heavy atom. The predicted molar refractivity (Wildman–Crippen MR) is 71.2 cm³/mol. The maximum absolute atomic E-state index is 5.81. The van der Waals surface area contributed by atoms with E-state index in [0.717, 1.165) is 12.1 Å². The molecule has 8 heteroatoms. The third kappa shape index (κ3) is 4.06. The number of aromatic nitrogens is 5. The monoisotopic (exact) mass is 282 g/mol. The highest BCUT2D eigenvalue weighted by Crippen LogP contribution is 2.12. The van der Waals surface area contributed by atoms with Crippen LogP contribution in [0.4, 0.5) is 5.95 Å². The number of aryl methyl sites for hydroxylation is 1. The minimum atomic E-state index is 0.102. The Morgan fingerprint density at radius 3 is 2.89 bits per heavy atom. The van der Waals surface area contributed by atoms with Crippen LogP contribution < -0.4 is 10.1 Å². The first-order chi connectivity index (χ1) is 9.17. The molecule has 2 aromatic rings. The number of rotatable bonds is 6. The number of hydrogen-bond donors (Lipinski definition) is 1. The smallest absolute Gasteiger partial charge is 0.322 e. The third-order valence-electron chi connectivity index (χ3n) is 2.22. The van der Waals surface area contributed by atoms with Gasteiger partial charge in [0.15, 0.2) is 0 Å². The Labute approximate surface area is 116 Å². The second-order valence-corrected chi connectivity index (χ2v) is 4.23. The molecule has 0 spiro atoms. The van der Waals surface area contributed by atoms with Crippen LogP contribution in [0.25, 0.3) is 0 Å². The molecule has 0 aliphatic rings. The molecule has 1 N–H and O–H groups in total. The standard InChI is InChI=1S/C11H15ClN6O/c1-3-6-19-11-15-9(12)14-10(16-11)13-7-8-4-5-18(2)17-8/h4-5H,3,6-7H2,1-2H3,(H,13,14,15,16). The average molecular weight is 283 g/mol. The number of ether oxygens (including phenoxy) is 1. The first-order valence-corrected chi connectivity index (χ1v) is 6.32. The molecular formula is C11H15ClN6O. The molecule has 2 rings (SSSR count). The molecule has 2 aromatic heterocycles. The summed E-state index contributed by atoms with van der Waals surface area (Å²) in [4.78, 5) is 12.0. The molecule has 0 bridgehead atoms. The second kappa shape index (κ2) is 6.33. The van der Waals surface area contributed by atoms with Gasteiger partial charge in [-0.1, -0.05) is 6.92 Å². The zero-order valence-electron chi connectivity index (χ0n) is 10.8. The summed E-state index contributed by atoms with van der Waals surface area (Å²) in [6.07, 6.45) is 2.74. The highest BCUT2D eigenvalue weighted by atomic mass is 35.5. The topological polar surface area (TPSA) is 77.8 Å². The van der Waals surface area contributed by atoms with Gasteiger partial charge in [-0.3, -0.25) is 4.68 Å². The fourth-order valence-electron chi connectivity index (χ4n) is 1.40. The van der Waals surface area contributed by atoms with Crippen LogP contribution in [0.3, 0.4) is 0 Å². The second-order valence-electron chi connectivity index (χ2n) is 3.89. The summed E-state index contributed by atoms with van der Waals surface area (Å²) in [6, 6.07) is 2.13. The normalized spacial score (nSPS) is 10.5. The van der Waals surface area contributed by atoms with Crippen molar-refractivity contribution < 1.29 is 4.74 Å². The minimum Gasteiger partial charge on any atom is -0.463 e. The fourth-order valence-corrected chi connectivity index (χ4v) is 1.55. The Kier molecular flexibility index (Phi) is 4.51. The number of nitrogens with one attached hydrogen (secondary N) is 1. The van der Waals surface area contributed by atoms with E-state index in [2.05, 4.69) is 25.4 Å². The average Bonchev–Trinajstić information content (AvgIpc) is 2.79. The Bertz CT molecular complexity index is 544. The van der Waals surface area contributed by atoms with Crippen LogP contribution >= 0.6 is 11.6 Å². The summed E-state index contributed by atoms with van der Waals surface area (Å²) >= 11 is 5.81. The summed E-state index contributed by atoms with van der Waals surface area (Å²) in [6.45, 7) is 3.05. The molecule has 0 fully saturated rings. The van der Waals surface area contributed by atoms with Crippen molar-refractivity contribution >= 4 is 17.5 Å². The van der Waals surface area contributed by atoms with Crippen LogP contribution in [0.15, 0.2) is 12.3 Å². The van der Waals surface area contributed by atoms with Gasteiger partial charge in [0.05, 0.1) is 18.8 Å². The zero-order valence-corrected chi connectivity index (χ0v) is 11.6. The molecule has 0 saturated heterocycles. The van der Waals surface area contributed by atoms with Gasteiger partial charge in [-0.2, -0.15) is 20.1 Å². The highest BCUT2D eigenvalue weighted by molar-refractivity contribution is 6.28. The van der Waals surface area contributed by atoms with Gasteiger partial charge in [-0.05, 0) is 24.1 Å². The SMILES string of the molecule is CCCOc1nc(Cl)nc(NCc2ccn(C)n2)n1. The highest BCUT2D eigenvalue weighted by Gasteiger charge is 2.06.